The molecule has 2 atom stereocenters. The summed E-state index contributed by atoms with van der Waals surface area (Å²) in [7, 11) is 0. The van der Waals surface area contributed by atoms with Crippen molar-refractivity contribution in [3.8, 4) is 0 Å². The molecule has 3 nitrogen and oxygen atoms in total. The van der Waals surface area contributed by atoms with Gasteiger partial charge in [0.1, 0.15) is 6.10 Å². The SMILES string of the molecule is [2H]C(=N)[C@H](O)[C@H](O)CC. The molecular weight excluding hydrogens is 106 g/mol. The van der Waals surface area contributed by atoms with E-state index in [0.717, 1.165) is 0 Å². The van der Waals surface area contributed by atoms with Crippen molar-refractivity contribution in [1.29, 1.82) is 5.41 Å². The first-order valence-electron chi connectivity index (χ1n) is 3.00. The molecule has 0 aromatic rings. The third-order valence-corrected chi connectivity index (χ3v) is 0.931. The van der Waals surface area contributed by atoms with Crippen LogP contribution in [0.15, 0.2) is 0 Å². The summed E-state index contributed by atoms with van der Waals surface area (Å²) in [5, 5.41) is 24.1. The molecule has 0 unspecified atom stereocenters. The number of aliphatic hydroxyl groups is 2. The Bertz CT molecular complexity index is 107. The topological polar surface area (TPSA) is 64.3 Å². The fourth-order valence-electron chi connectivity index (χ4n) is 0.319. The fourth-order valence-corrected chi connectivity index (χ4v) is 0.319. The van der Waals surface area contributed by atoms with Gasteiger partial charge < -0.3 is 15.6 Å². The van der Waals surface area contributed by atoms with Gasteiger partial charge in [-0.1, -0.05) is 6.92 Å². The summed E-state index contributed by atoms with van der Waals surface area (Å²) in [5.74, 6) is 0. The normalized spacial score (nSPS) is 19.1. The molecular formula is C5H11NO2. The number of aliphatic hydroxyl groups excluding tert-OH is 2. The summed E-state index contributed by atoms with van der Waals surface area (Å²) in [6.45, 7) is 1.68. The Morgan fingerprint density at radius 2 is 2.38 bits per heavy atom. The Morgan fingerprint density at radius 3 is 2.50 bits per heavy atom. The van der Waals surface area contributed by atoms with Crippen LogP contribution < -0.4 is 0 Å². The van der Waals surface area contributed by atoms with Gasteiger partial charge in [-0.3, -0.25) is 0 Å². The second-order valence-electron chi connectivity index (χ2n) is 1.56. The molecule has 0 saturated carbocycles. The van der Waals surface area contributed by atoms with Crippen LogP contribution in [0.5, 0.6) is 0 Å². The molecule has 0 aliphatic rings. The monoisotopic (exact) mass is 118 g/mol. The molecule has 0 fully saturated rings. The van der Waals surface area contributed by atoms with Crippen LogP contribution in [0.3, 0.4) is 0 Å². The summed E-state index contributed by atoms with van der Waals surface area (Å²) in [4.78, 5) is 0. The largest absolute Gasteiger partial charge is 0.390 e. The van der Waals surface area contributed by atoms with Crippen LogP contribution in [0.1, 0.15) is 14.7 Å². The maximum Gasteiger partial charge on any atom is 0.114 e. The lowest BCUT2D eigenvalue weighted by Crippen LogP contribution is -2.25. The maximum atomic E-state index is 8.79. The number of hydrogen-bond acceptors (Lipinski definition) is 3. The average Bonchev–Trinajstić information content (AvgIpc) is 1.84. The molecule has 3 N–H and O–H groups in total. The van der Waals surface area contributed by atoms with Crippen molar-refractivity contribution in [2.75, 3.05) is 0 Å². The van der Waals surface area contributed by atoms with Crippen LogP contribution in [-0.2, 0) is 0 Å². The molecule has 0 amide bonds. The van der Waals surface area contributed by atoms with Crippen molar-refractivity contribution in [3.05, 3.63) is 0 Å². The highest BCUT2D eigenvalue weighted by Crippen LogP contribution is 1.93. The number of hydrogen-bond donors (Lipinski definition) is 3. The molecule has 0 heterocycles. The van der Waals surface area contributed by atoms with Crippen molar-refractivity contribution in [2.24, 2.45) is 0 Å². The number of rotatable bonds is 3. The minimum absolute atomic E-state index is 0.364. The van der Waals surface area contributed by atoms with Crippen LogP contribution in [0.2, 0.25) is 0 Å². The molecule has 3 heteroatoms. The summed E-state index contributed by atoms with van der Waals surface area (Å²) in [5.41, 5.74) is 0. The molecule has 0 saturated heterocycles. The molecule has 48 valence electrons. The summed E-state index contributed by atoms with van der Waals surface area (Å²) in [6.07, 6.45) is -2.54. The van der Waals surface area contributed by atoms with Gasteiger partial charge in [0.15, 0.2) is 0 Å². The standard InChI is InChI=1S/C5H11NO2/c1-2-4(7)5(8)3-6/h3-8H,2H2,1H3/t4-,5+/m1/s1/i3D. The Balaban J connectivity index is 3.72. The third-order valence-electron chi connectivity index (χ3n) is 0.931. The molecule has 8 heavy (non-hydrogen) atoms. The van der Waals surface area contributed by atoms with Gasteiger partial charge in [-0.25, -0.2) is 0 Å². The molecule has 0 rings (SSSR count). The van der Waals surface area contributed by atoms with Crippen molar-refractivity contribution in [3.63, 3.8) is 0 Å². The van der Waals surface area contributed by atoms with Gasteiger partial charge in [0.2, 0.25) is 0 Å². The van der Waals surface area contributed by atoms with E-state index in [1.165, 1.54) is 0 Å². The highest BCUT2D eigenvalue weighted by Gasteiger charge is 2.08. The Hall–Kier alpha value is -0.410. The Labute approximate surface area is 49.9 Å². The van der Waals surface area contributed by atoms with Crippen LogP contribution in [0.4, 0.5) is 0 Å². The summed E-state index contributed by atoms with van der Waals surface area (Å²) >= 11 is 0. The highest BCUT2D eigenvalue weighted by molar-refractivity contribution is 5.59. The first-order chi connectivity index (χ1) is 4.09. The predicted octanol–water partition coefficient (Wildman–Crippen LogP) is -0.232. The second-order valence-corrected chi connectivity index (χ2v) is 1.56. The van der Waals surface area contributed by atoms with Crippen molar-refractivity contribution in [1.82, 2.24) is 0 Å². The van der Waals surface area contributed by atoms with Gasteiger partial charge in [-0.05, 0) is 6.42 Å². The highest BCUT2D eigenvalue weighted by atomic mass is 16.3. The zero-order valence-electron chi connectivity index (χ0n) is 5.76. The van der Waals surface area contributed by atoms with E-state index in [1.807, 2.05) is 0 Å². The maximum absolute atomic E-state index is 8.79. The van der Waals surface area contributed by atoms with E-state index in [2.05, 4.69) is 0 Å². The van der Waals surface area contributed by atoms with E-state index in [-0.39, 0.29) is 0 Å². The van der Waals surface area contributed by atoms with Crippen molar-refractivity contribution >= 4 is 6.19 Å². The second kappa shape index (κ2) is 3.57. The quantitative estimate of drug-likeness (QED) is 0.448. The van der Waals surface area contributed by atoms with E-state index in [4.69, 9.17) is 17.0 Å². The first kappa shape index (κ1) is 5.72. The smallest absolute Gasteiger partial charge is 0.114 e. The Morgan fingerprint density at radius 1 is 1.88 bits per heavy atom. The van der Waals surface area contributed by atoms with Gasteiger partial charge in [0.25, 0.3) is 0 Å². The van der Waals surface area contributed by atoms with Crippen molar-refractivity contribution in [2.45, 2.75) is 25.6 Å². The van der Waals surface area contributed by atoms with E-state index in [0.29, 0.717) is 6.42 Å². The molecule has 0 radical (unpaired) electrons. The van der Waals surface area contributed by atoms with Gasteiger partial charge in [0.05, 0.1) is 7.47 Å². The molecule has 0 aliphatic heterocycles. The van der Waals surface area contributed by atoms with Crippen LogP contribution in [0.25, 0.3) is 0 Å². The van der Waals surface area contributed by atoms with Gasteiger partial charge >= 0.3 is 0 Å². The molecule has 0 bridgehead atoms. The lowest BCUT2D eigenvalue weighted by atomic mass is 10.2. The third kappa shape index (κ3) is 2.04. The molecule has 0 spiro atoms. The zero-order valence-corrected chi connectivity index (χ0v) is 4.76. The fraction of sp³-hybridized carbons (Fsp3) is 0.800. The minimum atomic E-state index is -1.31. The van der Waals surface area contributed by atoms with Gasteiger partial charge in [-0.15, -0.1) is 0 Å². The van der Waals surface area contributed by atoms with E-state index in [9.17, 15) is 0 Å². The van der Waals surface area contributed by atoms with E-state index >= 15 is 0 Å². The van der Waals surface area contributed by atoms with Crippen molar-refractivity contribution < 1.29 is 11.6 Å². The van der Waals surface area contributed by atoms with Crippen LogP contribution in [0, 0.1) is 5.41 Å². The summed E-state index contributed by atoms with van der Waals surface area (Å²) in [6, 6.07) is 0. The lowest BCUT2D eigenvalue weighted by molar-refractivity contribution is 0.0602. The number of nitrogens with one attached hydrogen (secondary N) is 1. The van der Waals surface area contributed by atoms with Gasteiger partial charge in [-0.2, -0.15) is 0 Å². The van der Waals surface area contributed by atoms with E-state index in [1.54, 1.807) is 6.92 Å². The van der Waals surface area contributed by atoms with E-state index < -0.39 is 18.4 Å². The predicted molar refractivity (Wildman–Crippen MR) is 31.1 cm³/mol. The lowest BCUT2D eigenvalue weighted by Gasteiger charge is -2.08. The molecule has 0 aromatic carbocycles. The van der Waals surface area contributed by atoms with Gasteiger partial charge in [0, 0.05) is 6.19 Å². The Kier molecular flexibility index (Phi) is 2.56. The first-order valence-corrected chi connectivity index (χ1v) is 2.50. The summed E-state index contributed by atoms with van der Waals surface area (Å²) < 4.78 is 6.59. The van der Waals surface area contributed by atoms with Crippen LogP contribution in [-0.4, -0.2) is 28.6 Å². The average molecular weight is 118 g/mol. The van der Waals surface area contributed by atoms with Crippen LogP contribution >= 0.6 is 0 Å². The molecule has 0 aromatic heterocycles. The zero-order chi connectivity index (χ0) is 7.44. The molecule has 0 aliphatic carbocycles. The minimum Gasteiger partial charge on any atom is -0.390 e.